The van der Waals surface area contributed by atoms with Gasteiger partial charge in [-0.25, -0.2) is 0 Å². The maximum Gasteiger partial charge on any atom is 0.250 e. The SMILES string of the molecule is NC(=O)C[C@@H](c1ccc2c(c1)OCO2)c1oc(CN2C[C@H]3C[C@@H](C2)c2cccc(=O)n2C3)cc(=O)c1O. The fraction of sp³-hybridized carbons (Fsp3) is 0.370. The summed E-state index contributed by atoms with van der Waals surface area (Å²) < 4.78 is 18.8. The highest BCUT2D eigenvalue weighted by Crippen LogP contribution is 2.40. The third-order valence-corrected chi connectivity index (χ3v) is 7.46. The van der Waals surface area contributed by atoms with Crippen LogP contribution in [0.4, 0.5) is 0 Å². The number of rotatable bonds is 6. The molecule has 10 heteroatoms. The van der Waals surface area contributed by atoms with Gasteiger partial charge in [-0.1, -0.05) is 12.1 Å². The molecule has 0 aliphatic carbocycles. The van der Waals surface area contributed by atoms with E-state index >= 15 is 0 Å². The van der Waals surface area contributed by atoms with E-state index in [1.807, 2.05) is 10.6 Å². The third kappa shape index (κ3) is 4.37. The average Bonchev–Trinajstić information content (AvgIpc) is 3.33. The monoisotopic (exact) mass is 505 g/mol. The molecule has 3 aliphatic rings. The number of carbonyl (C=O) groups is 1. The number of aromatic hydroxyl groups is 1. The second-order valence-corrected chi connectivity index (χ2v) is 10.0. The van der Waals surface area contributed by atoms with E-state index in [1.165, 1.54) is 6.07 Å². The Kier molecular flexibility index (Phi) is 5.75. The lowest BCUT2D eigenvalue weighted by Gasteiger charge is -2.42. The quantitative estimate of drug-likeness (QED) is 0.518. The first-order chi connectivity index (χ1) is 17.9. The molecule has 1 saturated heterocycles. The first-order valence-corrected chi connectivity index (χ1v) is 12.3. The molecule has 1 amide bonds. The van der Waals surface area contributed by atoms with Crippen molar-refractivity contribution in [2.45, 2.75) is 37.8 Å². The van der Waals surface area contributed by atoms with Crippen molar-refractivity contribution < 1.29 is 23.8 Å². The molecule has 0 unspecified atom stereocenters. The summed E-state index contributed by atoms with van der Waals surface area (Å²) in [6, 6.07) is 11.8. The van der Waals surface area contributed by atoms with Crippen molar-refractivity contribution in [2.24, 2.45) is 11.7 Å². The number of likely N-dealkylation sites (tertiary alicyclic amines) is 1. The topological polar surface area (TPSA) is 137 Å². The summed E-state index contributed by atoms with van der Waals surface area (Å²) >= 11 is 0. The number of hydrogen-bond donors (Lipinski definition) is 2. The molecule has 0 spiro atoms. The smallest absolute Gasteiger partial charge is 0.250 e. The van der Waals surface area contributed by atoms with Gasteiger partial charge in [0.25, 0.3) is 5.56 Å². The third-order valence-electron chi connectivity index (χ3n) is 7.46. The van der Waals surface area contributed by atoms with Crippen molar-refractivity contribution >= 4 is 5.91 Å². The number of benzene rings is 1. The fourth-order valence-electron chi connectivity index (χ4n) is 5.91. The number of piperidine rings is 1. The Balaban J connectivity index is 1.31. The molecule has 5 heterocycles. The van der Waals surface area contributed by atoms with Crippen molar-refractivity contribution in [3.63, 3.8) is 0 Å². The molecule has 192 valence electrons. The Hall–Kier alpha value is -4.05. The van der Waals surface area contributed by atoms with E-state index in [4.69, 9.17) is 19.6 Å². The Morgan fingerprint density at radius 1 is 1.08 bits per heavy atom. The Labute approximate surface area is 211 Å². The van der Waals surface area contributed by atoms with Gasteiger partial charge in [0.1, 0.15) is 5.76 Å². The summed E-state index contributed by atoms with van der Waals surface area (Å²) in [5.41, 5.74) is 6.61. The van der Waals surface area contributed by atoms with Gasteiger partial charge >= 0.3 is 0 Å². The maximum atomic E-state index is 12.8. The van der Waals surface area contributed by atoms with E-state index in [1.54, 1.807) is 30.3 Å². The van der Waals surface area contributed by atoms with Crippen LogP contribution in [0.25, 0.3) is 0 Å². The summed E-state index contributed by atoms with van der Waals surface area (Å²) in [4.78, 5) is 39.3. The van der Waals surface area contributed by atoms with Gasteiger partial charge in [0, 0.05) is 49.8 Å². The molecule has 3 atom stereocenters. The summed E-state index contributed by atoms with van der Waals surface area (Å²) in [6.45, 7) is 2.58. The number of amides is 1. The minimum Gasteiger partial charge on any atom is -0.502 e. The molecular formula is C27H27N3O7. The van der Waals surface area contributed by atoms with Crippen LogP contribution in [-0.4, -0.2) is 40.4 Å². The van der Waals surface area contributed by atoms with Crippen molar-refractivity contribution in [1.29, 1.82) is 0 Å². The van der Waals surface area contributed by atoms with E-state index in [9.17, 15) is 19.5 Å². The number of aromatic nitrogens is 1. The van der Waals surface area contributed by atoms with Gasteiger partial charge in [0.2, 0.25) is 23.9 Å². The number of carbonyl (C=O) groups excluding carboxylic acids is 1. The molecule has 3 N–H and O–H groups in total. The molecule has 3 aliphatic heterocycles. The van der Waals surface area contributed by atoms with Gasteiger partial charge in [0.05, 0.1) is 12.5 Å². The summed E-state index contributed by atoms with van der Waals surface area (Å²) in [5, 5.41) is 10.7. The zero-order valence-corrected chi connectivity index (χ0v) is 20.1. The minimum atomic E-state index is -0.779. The molecule has 37 heavy (non-hydrogen) atoms. The van der Waals surface area contributed by atoms with Gasteiger partial charge in [-0.2, -0.15) is 0 Å². The molecule has 1 fully saturated rings. The van der Waals surface area contributed by atoms with Gasteiger partial charge in [-0.05, 0) is 36.1 Å². The number of nitrogens with two attached hydrogens (primary N) is 1. The molecule has 2 aromatic heterocycles. The fourth-order valence-corrected chi connectivity index (χ4v) is 5.91. The number of ether oxygens (including phenoxy) is 2. The Morgan fingerprint density at radius 3 is 2.76 bits per heavy atom. The highest BCUT2D eigenvalue weighted by molar-refractivity contribution is 5.75. The van der Waals surface area contributed by atoms with Crippen LogP contribution in [0.15, 0.2) is 56.5 Å². The predicted molar refractivity (Wildman–Crippen MR) is 132 cm³/mol. The van der Waals surface area contributed by atoms with Crippen molar-refractivity contribution in [2.75, 3.05) is 19.9 Å². The molecule has 2 bridgehead atoms. The minimum absolute atomic E-state index is 0.00531. The number of nitrogens with zero attached hydrogens (tertiary/aromatic N) is 2. The second-order valence-electron chi connectivity index (χ2n) is 10.0. The van der Waals surface area contributed by atoms with Crippen molar-refractivity contribution in [3.8, 4) is 17.2 Å². The van der Waals surface area contributed by atoms with E-state index in [0.717, 1.165) is 18.7 Å². The second kappa shape index (κ2) is 9.11. The van der Waals surface area contributed by atoms with E-state index in [2.05, 4.69) is 4.90 Å². The lowest BCUT2D eigenvalue weighted by Crippen LogP contribution is -2.46. The zero-order chi connectivity index (χ0) is 25.7. The van der Waals surface area contributed by atoms with Gasteiger partial charge in [-0.15, -0.1) is 0 Å². The van der Waals surface area contributed by atoms with E-state index in [-0.39, 0.29) is 30.5 Å². The highest BCUT2D eigenvalue weighted by Gasteiger charge is 2.35. The summed E-state index contributed by atoms with van der Waals surface area (Å²) in [7, 11) is 0. The Bertz CT molecular complexity index is 1490. The molecular weight excluding hydrogens is 478 g/mol. The molecule has 0 saturated carbocycles. The van der Waals surface area contributed by atoms with Gasteiger partial charge in [-0.3, -0.25) is 19.3 Å². The van der Waals surface area contributed by atoms with Crippen LogP contribution < -0.4 is 26.2 Å². The molecule has 10 nitrogen and oxygen atoms in total. The van der Waals surface area contributed by atoms with Crippen LogP contribution in [0.3, 0.4) is 0 Å². The largest absolute Gasteiger partial charge is 0.502 e. The number of primary amides is 1. The molecule has 6 rings (SSSR count). The van der Waals surface area contributed by atoms with E-state index < -0.39 is 23.0 Å². The molecule has 3 aromatic rings. The van der Waals surface area contributed by atoms with Crippen molar-refractivity contribution in [1.82, 2.24) is 9.47 Å². The summed E-state index contributed by atoms with van der Waals surface area (Å²) in [5.74, 6) is 0.0488. The van der Waals surface area contributed by atoms with Crippen LogP contribution in [0.2, 0.25) is 0 Å². The van der Waals surface area contributed by atoms with Crippen LogP contribution in [0, 0.1) is 5.92 Å². The standard InChI is InChI=1S/C27H27N3O7/c28-24(32)9-19(16-4-5-22-23(7-16)36-14-35-22)27-26(34)21(31)8-18(37-27)13-29-10-15-6-17(12-29)20-2-1-3-25(33)30(20)11-15/h1-5,7-8,15,17,19,34H,6,9-14H2,(H2,28,32)/t15-,17+,19+/m1/s1. The van der Waals surface area contributed by atoms with Gasteiger partial charge < -0.3 is 29.3 Å². The van der Waals surface area contributed by atoms with Gasteiger partial charge in [0.15, 0.2) is 17.3 Å². The lowest BCUT2D eigenvalue weighted by atomic mass is 9.83. The van der Waals surface area contributed by atoms with Crippen LogP contribution in [0.5, 0.6) is 17.2 Å². The lowest BCUT2D eigenvalue weighted by molar-refractivity contribution is -0.118. The van der Waals surface area contributed by atoms with Crippen molar-refractivity contribution in [3.05, 3.63) is 85.8 Å². The van der Waals surface area contributed by atoms with Crippen LogP contribution in [0.1, 0.15) is 47.5 Å². The van der Waals surface area contributed by atoms with Crippen LogP contribution in [-0.2, 0) is 17.9 Å². The molecule has 0 radical (unpaired) electrons. The first kappa shape index (κ1) is 23.4. The highest BCUT2D eigenvalue weighted by atomic mass is 16.7. The average molecular weight is 506 g/mol. The number of pyridine rings is 1. The Morgan fingerprint density at radius 2 is 1.92 bits per heavy atom. The van der Waals surface area contributed by atoms with Crippen LogP contribution >= 0.6 is 0 Å². The first-order valence-electron chi connectivity index (χ1n) is 12.3. The molecule has 1 aromatic carbocycles. The normalized spacial score (nSPS) is 20.9. The van der Waals surface area contributed by atoms with E-state index in [0.29, 0.717) is 48.4 Å². The predicted octanol–water partition coefficient (Wildman–Crippen LogP) is 1.86. The zero-order valence-electron chi connectivity index (χ0n) is 20.1. The number of fused-ring (bicyclic) bond motifs is 5. The summed E-state index contributed by atoms with van der Waals surface area (Å²) in [6.07, 6.45) is 0.842. The maximum absolute atomic E-state index is 12.8. The number of hydrogen-bond acceptors (Lipinski definition) is 8.